The van der Waals surface area contributed by atoms with E-state index in [1.165, 1.54) is 6.07 Å². The normalized spacial score (nSPS) is 12.2. The van der Waals surface area contributed by atoms with Crippen LogP contribution in [-0.4, -0.2) is 6.61 Å². The maximum atomic E-state index is 13.2. The van der Waals surface area contributed by atoms with Gasteiger partial charge in [0, 0.05) is 6.04 Å². The van der Waals surface area contributed by atoms with Gasteiger partial charge in [0.05, 0.1) is 6.61 Å². The zero-order valence-corrected chi connectivity index (χ0v) is 11.8. The fourth-order valence-electron chi connectivity index (χ4n) is 2.14. The molecule has 2 aromatic carbocycles. The highest BCUT2D eigenvalue weighted by Crippen LogP contribution is 2.21. The molecule has 0 fully saturated rings. The summed E-state index contributed by atoms with van der Waals surface area (Å²) in [6.45, 7) is 2.52. The molecule has 0 spiro atoms. The number of benzene rings is 2. The van der Waals surface area contributed by atoms with Crippen LogP contribution >= 0.6 is 0 Å². The molecule has 0 bridgehead atoms. The number of ether oxygens (including phenoxy) is 1. The molecule has 0 aromatic heterocycles. The van der Waals surface area contributed by atoms with Gasteiger partial charge in [0.2, 0.25) is 0 Å². The minimum absolute atomic E-state index is 0.189. The summed E-state index contributed by atoms with van der Waals surface area (Å²) < 4.78 is 31.5. The average Bonchev–Trinajstić information content (AvgIpc) is 2.50. The summed E-state index contributed by atoms with van der Waals surface area (Å²) in [5, 5.41) is 0. The molecule has 0 saturated heterocycles. The lowest BCUT2D eigenvalue weighted by atomic mass is 9.99. The molecule has 0 aliphatic carbocycles. The Kier molecular flexibility index (Phi) is 5.25. The van der Waals surface area contributed by atoms with Crippen molar-refractivity contribution in [1.29, 1.82) is 0 Å². The Balaban J connectivity index is 2.13. The van der Waals surface area contributed by atoms with E-state index in [-0.39, 0.29) is 6.04 Å². The van der Waals surface area contributed by atoms with E-state index in [0.29, 0.717) is 18.6 Å². The molecule has 0 aliphatic rings. The van der Waals surface area contributed by atoms with Crippen molar-refractivity contribution in [1.82, 2.24) is 5.43 Å². The zero-order chi connectivity index (χ0) is 15.2. The van der Waals surface area contributed by atoms with Gasteiger partial charge in [0.15, 0.2) is 11.6 Å². The quantitative estimate of drug-likeness (QED) is 0.635. The number of halogens is 2. The predicted molar refractivity (Wildman–Crippen MR) is 77.7 cm³/mol. The number of nitrogens with two attached hydrogens (primary N) is 1. The SMILES string of the molecule is CCOc1ccc(C(Cc2ccc(F)c(F)c2)NN)cc1. The molecule has 21 heavy (non-hydrogen) atoms. The van der Waals surface area contributed by atoms with Gasteiger partial charge in [-0.05, 0) is 48.7 Å². The molecule has 3 N–H and O–H groups in total. The van der Waals surface area contributed by atoms with Gasteiger partial charge in [-0.1, -0.05) is 18.2 Å². The fraction of sp³-hybridized carbons (Fsp3) is 0.250. The summed E-state index contributed by atoms with van der Waals surface area (Å²) in [6.07, 6.45) is 0.460. The van der Waals surface area contributed by atoms with Crippen molar-refractivity contribution >= 4 is 0 Å². The van der Waals surface area contributed by atoms with E-state index in [4.69, 9.17) is 10.6 Å². The van der Waals surface area contributed by atoms with Crippen molar-refractivity contribution in [3.8, 4) is 5.75 Å². The van der Waals surface area contributed by atoms with Crippen LogP contribution in [0.3, 0.4) is 0 Å². The standard InChI is InChI=1S/C16H18F2N2O/c1-2-21-13-6-4-12(5-7-13)16(20-19)10-11-3-8-14(17)15(18)9-11/h3-9,16,20H,2,10,19H2,1H3. The van der Waals surface area contributed by atoms with Crippen LogP contribution in [0.1, 0.15) is 24.1 Å². The third-order valence-electron chi connectivity index (χ3n) is 3.22. The van der Waals surface area contributed by atoms with Gasteiger partial charge >= 0.3 is 0 Å². The monoisotopic (exact) mass is 292 g/mol. The van der Waals surface area contributed by atoms with Crippen LogP contribution in [0.2, 0.25) is 0 Å². The van der Waals surface area contributed by atoms with Crippen LogP contribution in [0, 0.1) is 11.6 Å². The lowest BCUT2D eigenvalue weighted by Gasteiger charge is -2.17. The number of rotatable bonds is 6. The molecular formula is C16H18F2N2O. The Morgan fingerprint density at radius 2 is 1.81 bits per heavy atom. The second kappa shape index (κ2) is 7.15. The first-order chi connectivity index (χ1) is 10.1. The molecule has 0 radical (unpaired) electrons. The largest absolute Gasteiger partial charge is 0.494 e. The minimum atomic E-state index is -0.852. The molecule has 1 atom stereocenters. The Bertz CT molecular complexity index is 587. The van der Waals surface area contributed by atoms with E-state index in [1.54, 1.807) is 6.07 Å². The van der Waals surface area contributed by atoms with E-state index in [0.717, 1.165) is 17.4 Å². The van der Waals surface area contributed by atoms with Crippen molar-refractivity contribution in [2.24, 2.45) is 5.84 Å². The lowest BCUT2D eigenvalue weighted by molar-refractivity contribution is 0.340. The summed E-state index contributed by atoms with van der Waals surface area (Å²) in [5.41, 5.74) is 4.32. The Morgan fingerprint density at radius 3 is 2.38 bits per heavy atom. The van der Waals surface area contributed by atoms with E-state index in [1.807, 2.05) is 31.2 Å². The van der Waals surface area contributed by atoms with Crippen LogP contribution in [-0.2, 0) is 6.42 Å². The van der Waals surface area contributed by atoms with Gasteiger partial charge in [-0.25, -0.2) is 8.78 Å². The number of hydrogen-bond acceptors (Lipinski definition) is 3. The van der Waals surface area contributed by atoms with Crippen LogP contribution in [0.4, 0.5) is 8.78 Å². The lowest BCUT2D eigenvalue weighted by Crippen LogP contribution is -2.29. The van der Waals surface area contributed by atoms with E-state index < -0.39 is 11.6 Å². The van der Waals surface area contributed by atoms with Crippen molar-refractivity contribution < 1.29 is 13.5 Å². The first-order valence-corrected chi connectivity index (χ1v) is 6.77. The first kappa shape index (κ1) is 15.4. The van der Waals surface area contributed by atoms with Gasteiger partial charge < -0.3 is 4.74 Å². The van der Waals surface area contributed by atoms with Gasteiger partial charge in [0.1, 0.15) is 5.75 Å². The second-order valence-corrected chi connectivity index (χ2v) is 4.67. The van der Waals surface area contributed by atoms with Crippen LogP contribution in [0.5, 0.6) is 5.75 Å². The summed E-state index contributed by atoms with van der Waals surface area (Å²) >= 11 is 0. The highest BCUT2D eigenvalue weighted by atomic mass is 19.2. The van der Waals surface area contributed by atoms with Gasteiger partial charge in [0.25, 0.3) is 0 Å². The van der Waals surface area contributed by atoms with Crippen molar-refractivity contribution in [3.05, 3.63) is 65.2 Å². The van der Waals surface area contributed by atoms with E-state index >= 15 is 0 Å². The molecule has 3 nitrogen and oxygen atoms in total. The third-order valence-corrected chi connectivity index (χ3v) is 3.22. The average molecular weight is 292 g/mol. The van der Waals surface area contributed by atoms with Crippen molar-refractivity contribution in [3.63, 3.8) is 0 Å². The topological polar surface area (TPSA) is 47.3 Å². The summed E-state index contributed by atoms with van der Waals surface area (Å²) in [6, 6.07) is 11.2. The van der Waals surface area contributed by atoms with Gasteiger partial charge in [-0.15, -0.1) is 0 Å². The first-order valence-electron chi connectivity index (χ1n) is 6.77. The van der Waals surface area contributed by atoms with Crippen LogP contribution < -0.4 is 16.0 Å². The Labute approximate surface area is 122 Å². The molecule has 0 amide bonds. The summed E-state index contributed by atoms with van der Waals surface area (Å²) in [7, 11) is 0. The molecule has 0 saturated carbocycles. The maximum absolute atomic E-state index is 13.2. The molecule has 5 heteroatoms. The predicted octanol–water partition coefficient (Wildman–Crippen LogP) is 3.11. The highest BCUT2D eigenvalue weighted by Gasteiger charge is 2.12. The molecule has 0 heterocycles. The Morgan fingerprint density at radius 1 is 1.10 bits per heavy atom. The number of nitrogens with one attached hydrogen (secondary N) is 1. The van der Waals surface area contributed by atoms with Crippen molar-refractivity contribution in [2.75, 3.05) is 6.61 Å². The number of hydrazine groups is 1. The van der Waals surface area contributed by atoms with E-state index in [9.17, 15) is 8.78 Å². The number of hydrogen-bond donors (Lipinski definition) is 2. The highest BCUT2D eigenvalue weighted by molar-refractivity contribution is 5.30. The fourth-order valence-corrected chi connectivity index (χ4v) is 2.14. The van der Waals surface area contributed by atoms with Crippen LogP contribution in [0.25, 0.3) is 0 Å². The minimum Gasteiger partial charge on any atom is -0.494 e. The van der Waals surface area contributed by atoms with Gasteiger partial charge in [-0.3, -0.25) is 11.3 Å². The van der Waals surface area contributed by atoms with E-state index in [2.05, 4.69) is 5.43 Å². The third kappa shape index (κ3) is 4.00. The zero-order valence-electron chi connectivity index (χ0n) is 11.8. The molecule has 112 valence electrons. The van der Waals surface area contributed by atoms with Crippen LogP contribution in [0.15, 0.2) is 42.5 Å². The molecule has 2 aromatic rings. The molecule has 2 rings (SSSR count). The second-order valence-electron chi connectivity index (χ2n) is 4.67. The van der Waals surface area contributed by atoms with Gasteiger partial charge in [-0.2, -0.15) is 0 Å². The summed E-state index contributed by atoms with van der Waals surface area (Å²) in [4.78, 5) is 0. The molecule has 0 aliphatic heterocycles. The molecule has 1 unspecified atom stereocenters. The summed E-state index contributed by atoms with van der Waals surface area (Å²) in [5.74, 6) is 4.65. The smallest absolute Gasteiger partial charge is 0.159 e. The Hall–Kier alpha value is -1.98. The van der Waals surface area contributed by atoms with Crippen molar-refractivity contribution in [2.45, 2.75) is 19.4 Å². The maximum Gasteiger partial charge on any atom is 0.159 e. The molecular weight excluding hydrogens is 274 g/mol.